The molecule has 0 bridgehead atoms. The lowest BCUT2D eigenvalue weighted by molar-refractivity contribution is -0.135. The third kappa shape index (κ3) is 4.91. The summed E-state index contributed by atoms with van der Waals surface area (Å²) in [6.45, 7) is 3.74. The molecule has 1 heterocycles. The zero-order chi connectivity index (χ0) is 24.2. The molecule has 1 aromatic rings. The number of rotatable bonds is 6. The summed E-state index contributed by atoms with van der Waals surface area (Å²) in [6, 6.07) is 6.82. The zero-order valence-electron chi connectivity index (χ0n) is 20.1. The van der Waals surface area contributed by atoms with Crippen LogP contribution in [-0.2, 0) is 9.59 Å². The highest BCUT2D eigenvalue weighted by Crippen LogP contribution is 2.47. The molecule has 4 atom stereocenters. The molecule has 1 aliphatic heterocycles. The molecule has 3 N–H and O–H groups in total. The number of fused-ring (bicyclic) bond motifs is 3. The van der Waals surface area contributed by atoms with E-state index in [9.17, 15) is 19.8 Å². The Hall–Kier alpha value is -2.64. The van der Waals surface area contributed by atoms with Gasteiger partial charge in [-0.2, -0.15) is 0 Å². The van der Waals surface area contributed by atoms with Gasteiger partial charge in [0.1, 0.15) is 18.0 Å². The maximum atomic E-state index is 13.5. The molecule has 184 valence electrons. The Bertz CT molecular complexity index is 960. The van der Waals surface area contributed by atoms with Gasteiger partial charge in [0.2, 0.25) is 11.8 Å². The lowest BCUT2D eigenvalue weighted by Crippen LogP contribution is -2.58. The molecule has 7 nitrogen and oxygen atoms in total. The van der Waals surface area contributed by atoms with Crippen molar-refractivity contribution in [2.75, 3.05) is 13.2 Å². The van der Waals surface area contributed by atoms with Gasteiger partial charge in [0, 0.05) is 29.8 Å². The molecule has 2 aliphatic carbocycles. The number of carbonyl (C=O) groups is 2. The van der Waals surface area contributed by atoms with Crippen molar-refractivity contribution < 1.29 is 24.5 Å². The van der Waals surface area contributed by atoms with Crippen LogP contribution in [0.2, 0.25) is 0 Å². The number of ether oxygens (including phenoxy) is 1. The lowest BCUT2D eigenvalue weighted by Gasteiger charge is -2.43. The number of allylic oxidation sites excluding steroid dienone is 1. The number of nitrogens with zero attached hydrogens (tertiary/aromatic N) is 1. The predicted molar refractivity (Wildman–Crippen MR) is 129 cm³/mol. The van der Waals surface area contributed by atoms with Gasteiger partial charge in [-0.3, -0.25) is 9.59 Å². The maximum absolute atomic E-state index is 13.5. The van der Waals surface area contributed by atoms with Gasteiger partial charge in [0.15, 0.2) is 0 Å². The van der Waals surface area contributed by atoms with Crippen molar-refractivity contribution in [1.82, 2.24) is 10.2 Å². The highest BCUT2D eigenvalue weighted by atomic mass is 16.5. The van der Waals surface area contributed by atoms with Crippen LogP contribution in [0.25, 0.3) is 0 Å². The average Bonchev–Trinajstić information content (AvgIpc) is 3.00. The van der Waals surface area contributed by atoms with E-state index in [2.05, 4.69) is 5.32 Å². The fraction of sp³-hybridized carbons (Fsp3) is 0.556. The van der Waals surface area contributed by atoms with E-state index in [-0.39, 0.29) is 31.0 Å². The van der Waals surface area contributed by atoms with Crippen molar-refractivity contribution in [2.24, 2.45) is 0 Å². The van der Waals surface area contributed by atoms with E-state index in [1.54, 1.807) is 17.1 Å². The van der Waals surface area contributed by atoms with E-state index in [0.717, 1.165) is 49.7 Å². The summed E-state index contributed by atoms with van der Waals surface area (Å²) in [5, 5.41) is 23.6. The van der Waals surface area contributed by atoms with Crippen LogP contribution in [-0.4, -0.2) is 64.4 Å². The van der Waals surface area contributed by atoms with E-state index < -0.39 is 24.2 Å². The summed E-state index contributed by atoms with van der Waals surface area (Å²) in [5.41, 5.74) is 2.22. The Balaban J connectivity index is 1.78. The molecular weight excluding hydrogens is 432 g/mol. The van der Waals surface area contributed by atoms with Crippen molar-refractivity contribution in [3.63, 3.8) is 0 Å². The number of para-hydroxylation sites is 1. The van der Waals surface area contributed by atoms with Crippen molar-refractivity contribution >= 4 is 11.8 Å². The quantitative estimate of drug-likeness (QED) is 0.441. The van der Waals surface area contributed by atoms with E-state index >= 15 is 0 Å². The van der Waals surface area contributed by atoms with Crippen LogP contribution in [0.1, 0.15) is 63.9 Å². The molecule has 4 rings (SSSR count). The van der Waals surface area contributed by atoms with Crippen LogP contribution < -0.4 is 10.1 Å². The maximum Gasteiger partial charge on any atom is 0.247 e. The van der Waals surface area contributed by atoms with E-state index in [1.807, 2.05) is 38.1 Å². The van der Waals surface area contributed by atoms with Crippen LogP contribution >= 0.6 is 0 Å². The summed E-state index contributed by atoms with van der Waals surface area (Å²) in [6.07, 6.45) is 7.84. The van der Waals surface area contributed by atoms with Crippen molar-refractivity contribution in [3.05, 3.63) is 53.1 Å². The second-order valence-electron chi connectivity index (χ2n) is 9.79. The molecule has 0 saturated heterocycles. The Kier molecular flexibility index (Phi) is 7.73. The normalized spacial score (nSPS) is 26.3. The summed E-state index contributed by atoms with van der Waals surface area (Å²) in [5.74, 6) is -0.238. The molecule has 7 heteroatoms. The van der Waals surface area contributed by atoms with Gasteiger partial charge in [-0.1, -0.05) is 49.5 Å². The highest BCUT2D eigenvalue weighted by Gasteiger charge is 2.51. The highest BCUT2D eigenvalue weighted by molar-refractivity contribution is 5.96. The molecule has 34 heavy (non-hydrogen) atoms. The molecule has 0 aromatic heterocycles. The Labute approximate surface area is 201 Å². The van der Waals surface area contributed by atoms with Gasteiger partial charge in [0.05, 0.1) is 18.6 Å². The van der Waals surface area contributed by atoms with Gasteiger partial charge in [-0.15, -0.1) is 0 Å². The molecule has 2 amide bonds. The van der Waals surface area contributed by atoms with Crippen LogP contribution in [0.5, 0.6) is 5.75 Å². The summed E-state index contributed by atoms with van der Waals surface area (Å²) >= 11 is 0. The first-order chi connectivity index (χ1) is 16.4. The minimum atomic E-state index is -0.982. The number of hydrogen-bond acceptors (Lipinski definition) is 5. The molecule has 1 saturated carbocycles. The first-order valence-electron chi connectivity index (χ1n) is 12.4. The summed E-state index contributed by atoms with van der Waals surface area (Å²) in [4.78, 5) is 28.5. The Morgan fingerprint density at radius 2 is 1.85 bits per heavy atom. The van der Waals surface area contributed by atoms with Gasteiger partial charge in [0.25, 0.3) is 0 Å². The number of hydrogen-bond donors (Lipinski definition) is 3. The first-order valence-corrected chi connectivity index (χ1v) is 12.4. The van der Waals surface area contributed by atoms with Crippen LogP contribution in [0.3, 0.4) is 0 Å². The second kappa shape index (κ2) is 10.7. The summed E-state index contributed by atoms with van der Waals surface area (Å²) in [7, 11) is 0. The Morgan fingerprint density at radius 1 is 1.15 bits per heavy atom. The number of amides is 2. The topological polar surface area (TPSA) is 99.1 Å². The van der Waals surface area contributed by atoms with Crippen LogP contribution in [0, 0.1) is 0 Å². The number of nitrogens with one attached hydrogen (secondary N) is 1. The van der Waals surface area contributed by atoms with Crippen molar-refractivity contribution in [1.29, 1.82) is 0 Å². The molecule has 3 aliphatic rings. The van der Waals surface area contributed by atoms with Crippen molar-refractivity contribution in [3.8, 4) is 5.75 Å². The molecule has 1 aromatic carbocycles. The largest absolute Gasteiger partial charge is 0.486 e. The number of aliphatic hydroxyl groups is 2. The minimum absolute atomic E-state index is 0.0106. The molecular formula is C27H36N2O5. The number of carbonyl (C=O) groups excluding carboxylic acids is 2. The molecule has 1 fully saturated rings. The Morgan fingerprint density at radius 3 is 2.53 bits per heavy atom. The van der Waals surface area contributed by atoms with Gasteiger partial charge in [-0.25, -0.2) is 0 Å². The van der Waals surface area contributed by atoms with Gasteiger partial charge >= 0.3 is 0 Å². The minimum Gasteiger partial charge on any atom is -0.486 e. The van der Waals surface area contributed by atoms with Crippen molar-refractivity contribution in [2.45, 2.75) is 82.6 Å². The molecule has 0 radical (unpaired) electrons. The predicted octanol–water partition coefficient (Wildman–Crippen LogP) is 2.83. The standard InChI is InChI=1S/C27H36N2O5/c1-17(2)15-23(31)29(18-9-5-3-4-6-10-18)21-16-20(27(33)28-13-14-30)24-19-11-7-8-12-22(19)34-26(24)25(21)32/h7-8,11-12,15-16,18,21,24-26,30,32H,3-6,9-10,13-14H2,1-2H3,(H,28,33)/t21-,24+,25+,26+/m1/s1. The number of benzene rings is 1. The number of aliphatic hydroxyl groups excluding tert-OH is 2. The summed E-state index contributed by atoms with van der Waals surface area (Å²) < 4.78 is 6.19. The smallest absolute Gasteiger partial charge is 0.247 e. The monoisotopic (exact) mass is 468 g/mol. The zero-order valence-corrected chi connectivity index (χ0v) is 20.1. The van der Waals surface area contributed by atoms with E-state index in [4.69, 9.17) is 4.74 Å². The lowest BCUT2D eigenvalue weighted by atomic mass is 9.77. The fourth-order valence-electron chi connectivity index (χ4n) is 5.59. The van der Waals surface area contributed by atoms with E-state index in [1.165, 1.54) is 0 Å². The molecule has 0 unspecified atom stereocenters. The molecule has 0 spiro atoms. The van der Waals surface area contributed by atoms with Crippen LogP contribution in [0.15, 0.2) is 47.6 Å². The third-order valence-electron chi connectivity index (χ3n) is 7.08. The van der Waals surface area contributed by atoms with Gasteiger partial charge < -0.3 is 25.2 Å². The van der Waals surface area contributed by atoms with Crippen LogP contribution in [0.4, 0.5) is 0 Å². The SMILES string of the molecule is CC(C)=CC(=O)N(C1CCCCCC1)[C@@H]1C=C(C(=O)NCCO)[C@@H]2c3ccccc3O[C@@H]2[C@H]1O. The average molecular weight is 469 g/mol. The third-order valence-corrected chi connectivity index (χ3v) is 7.08. The van der Waals surface area contributed by atoms with E-state index in [0.29, 0.717) is 11.3 Å². The fourth-order valence-corrected chi connectivity index (χ4v) is 5.59. The van der Waals surface area contributed by atoms with Gasteiger partial charge in [-0.05, 0) is 38.8 Å². The second-order valence-corrected chi connectivity index (χ2v) is 9.79. The first kappa shape index (κ1) is 24.5.